The highest BCUT2D eigenvalue weighted by Crippen LogP contribution is 2.30. The zero-order valence-corrected chi connectivity index (χ0v) is 9.24. The predicted molar refractivity (Wildman–Crippen MR) is 55.4 cm³/mol. The number of carbonyl (C=O) groups is 1. The Morgan fingerprint density at radius 2 is 2.40 bits per heavy atom. The molecule has 2 saturated heterocycles. The van der Waals surface area contributed by atoms with E-state index in [1.54, 1.807) is 4.90 Å². The molecule has 1 N–H and O–H groups in total. The summed E-state index contributed by atoms with van der Waals surface area (Å²) in [4.78, 5) is 14.0. The number of hydrogen-bond acceptors (Lipinski definition) is 3. The van der Waals surface area contributed by atoms with Crippen LogP contribution in [0.25, 0.3) is 0 Å². The first-order valence-corrected chi connectivity index (χ1v) is 5.73. The monoisotopic (exact) mass is 213 g/mol. The summed E-state index contributed by atoms with van der Waals surface area (Å²) < 4.78 is 5.53. The quantitative estimate of drug-likeness (QED) is 0.728. The van der Waals surface area contributed by atoms with Gasteiger partial charge in [-0.15, -0.1) is 0 Å². The molecule has 2 fully saturated rings. The third-order valence-corrected chi connectivity index (χ3v) is 3.52. The first-order valence-electron chi connectivity index (χ1n) is 5.73. The average molecular weight is 213 g/mol. The van der Waals surface area contributed by atoms with Crippen molar-refractivity contribution in [3.05, 3.63) is 0 Å². The fourth-order valence-electron chi connectivity index (χ4n) is 2.54. The molecule has 15 heavy (non-hydrogen) atoms. The number of nitrogens with zero attached hydrogens (tertiary/aromatic N) is 1. The lowest BCUT2D eigenvalue weighted by molar-refractivity contribution is -0.152. The Bertz CT molecular complexity index is 248. The second-order valence-electron chi connectivity index (χ2n) is 4.66. The number of rotatable bonds is 2. The maximum absolute atomic E-state index is 12.2. The van der Waals surface area contributed by atoms with Gasteiger partial charge in [-0.3, -0.25) is 4.79 Å². The molecule has 4 heteroatoms. The topological polar surface area (TPSA) is 49.8 Å². The van der Waals surface area contributed by atoms with E-state index in [0.717, 1.165) is 32.2 Å². The fourth-order valence-corrected chi connectivity index (χ4v) is 2.54. The molecule has 0 aromatic heterocycles. The van der Waals surface area contributed by atoms with Gasteiger partial charge in [0.05, 0.1) is 12.6 Å². The minimum atomic E-state index is -0.627. The molecule has 0 radical (unpaired) electrons. The summed E-state index contributed by atoms with van der Waals surface area (Å²) in [7, 11) is 0. The Labute approximate surface area is 90.2 Å². The van der Waals surface area contributed by atoms with Crippen LogP contribution in [0.2, 0.25) is 0 Å². The lowest BCUT2D eigenvalue weighted by Gasteiger charge is -2.31. The molecular formula is C11H19NO3. The number of ether oxygens (including phenoxy) is 1. The van der Waals surface area contributed by atoms with Crippen molar-refractivity contribution >= 4 is 5.91 Å². The van der Waals surface area contributed by atoms with Crippen LogP contribution in [0.3, 0.4) is 0 Å². The maximum Gasteiger partial charge on any atom is 0.254 e. The molecular weight excluding hydrogens is 194 g/mol. The van der Waals surface area contributed by atoms with Gasteiger partial charge in [0, 0.05) is 13.2 Å². The molecule has 0 aromatic rings. The Morgan fingerprint density at radius 1 is 1.60 bits per heavy atom. The number of carbonyl (C=O) groups excluding carboxylic acids is 1. The van der Waals surface area contributed by atoms with Gasteiger partial charge in [-0.25, -0.2) is 0 Å². The minimum Gasteiger partial charge on any atom is -0.394 e. The Hall–Kier alpha value is -0.610. The SMILES string of the molecule is CC1(C(=O)N2CCCC2CO)CCCO1. The van der Waals surface area contributed by atoms with Crippen LogP contribution in [0.15, 0.2) is 0 Å². The normalized spacial score (nSPS) is 36.1. The van der Waals surface area contributed by atoms with Crippen LogP contribution in [0, 0.1) is 0 Å². The largest absolute Gasteiger partial charge is 0.394 e. The maximum atomic E-state index is 12.2. The van der Waals surface area contributed by atoms with Crippen molar-refractivity contribution < 1.29 is 14.6 Å². The molecule has 2 unspecified atom stereocenters. The van der Waals surface area contributed by atoms with Crippen molar-refractivity contribution in [1.82, 2.24) is 4.90 Å². The van der Waals surface area contributed by atoms with E-state index in [1.165, 1.54) is 0 Å². The van der Waals surface area contributed by atoms with Crippen LogP contribution in [-0.2, 0) is 9.53 Å². The van der Waals surface area contributed by atoms with Gasteiger partial charge in [0.15, 0.2) is 0 Å². The van der Waals surface area contributed by atoms with Gasteiger partial charge < -0.3 is 14.7 Å². The van der Waals surface area contributed by atoms with Gasteiger partial charge >= 0.3 is 0 Å². The van der Waals surface area contributed by atoms with E-state index in [0.29, 0.717) is 6.61 Å². The molecule has 2 atom stereocenters. The molecule has 0 spiro atoms. The molecule has 86 valence electrons. The molecule has 0 aromatic carbocycles. The van der Waals surface area contributed by atoms with Gasteiger partial charge in [0.1, 0.15) is 5.60 Å². The molecule has 0 bridgehead atoms. The van der Waals surface area contributed by atoms with E-state index in [-0.39, 0.29) is 18.6 Å². The second-order valence-corrected chi connectivity index (χ2v) is 4.66. The van der Waals surface area contributed by atoms with Crippen molar-refractivity contribution in [2.75, 3.05) is 19.8 Å². The lowest BCUT2D eigenvalue weighted by atomic mass is 10.0. The molecule has 2 aliphatic rings. The summed E-state index contributed by atoms with van der Waals surface area (Å²) in [6.07, 6.45) is 3.67. The molecule has 2 rings (SSSR count). The van der Waals surface area contributed by atoms with E-state index in [1.807, 2.05) is 6.92 Å². The highest BCUT2D eigenvalue weighted by atomic mass is 16.5. The first kappa shape index (κ1) is 10.9. The van der Waals surface area contributed by atoms with E-state index in [4.69, 9.17) is 4.74 Å². The average Bonchev–Trinajstić information content (AvgIpc) is 2.85. The number of aliphatic hydroxyl groups excluding tert-OH is 1. The van der Waals surface area contributed by atoms with Gasteiger partial charge in [-0.1, -0.05) is 0 Å². The van der Waals surface area contributed by atoms with E-state index < -0.39 is 5.60 Å². The number of aliphatic hydroxyl groups is 1. The van der Waals surface area contributed by atoms with Gasteiger partial charge in [0.2, 0.25) is 0 Å². The van der Waals surface area contributed by atoms with Crippen molar-refractivity contribution in [2.45, 2.75) is 44.2 Å². The van der Waals surface area contributed by atoms with E-state index >= 15 is 0 Å². The highest BCUT2D eigenvalue weighted by Gasteiger charge is 2.43. The van der Waals surface area contributed by atoms with Crippen molar-refractivity contribution in [2.24, 2.45) is 0 Å². The summed E-state index contributed by atoms with van der Waals surface area (Å²) in [6.45, 7) is 3.39. The van der Waals surface area contributed by atoms with Crippen LogP contribution in [0.5, 0.6) is 0 Å². The Morgan fingerprint density at radius 3 is 3.00 bits per heavy atom. The van der Waals surface area contributed by atoms with Crippen LogP contribution in [0.4, 0.5) is 0 Å². The standard InChI is InChI=1S/C11H19NO3/c1-11(5-3-7-15-11)10(14)12-6-2-4-9(12)8-13/h9,13H,2-8H2,1H3. The van der Waals surface area contributed by atoms with Crippen LogP contribution in [0.1, 0.15) is 32.6 Å². The van der Waals surface area contributed by atoms with Gasteiger partial charge in [0.25, 0.3) is 5.91 Å². The molecule has 1 amide bonds. The molecule has 4 nitrogen and oxygen atoms in total. The Balaban J connectivity index is 2.06. The fraction of sp³-hybridized carbons (Fsp3) is 0.909. The number of likely N-dealkylation sites (tertiary alicyclic amines) is 1. The smallest absolute Gasteiger partial charge is 0.254 e. The van der Waals surface area contributed by atoms with Gasteiger partial charge in [-0.2, -0.15) is 0 Å². The van der Waals surface area contributed by atoms with Crippen LogP contribution in [-0.4, -0.2) is 47.3 Å². The molecule has 2 aliphatic heterocycles. The summed E-state index contributed by atoms with van der Waals surface area (Å²) in [6, 6.07) is 0.0125. The highest BCUT2D eigenvalue weighted by molar-refractivity contribution is 5.85. The molecule has 2 heterocycles. The summed E-state index contributed by atoms with van der Waals surface area (Å²) in [5, 5.41) is 9.18. The summed E-state index contributed by atoms with van der Waals surface area (Å²) in [5.74, 6) is 0.0663. The predicted octanol–water partition coefficient (Wildman–Crippen LogP) is 0.539. The zero-order valence-electron chi connectivity index (χ0n) is 9.24. The van der Waals surface area contributed by atoms with Crippen molar-refractivity contribution in [1.29, 1.82) is 0 Å². The third-order valence-electron chi connectivity index (χ3n) is 3.52. The van der Waals surface area contributed by atoms with Crippen molar-refractivity contribution in [3.8, 4) is 0 Å². The second kappa shape index (κ2) is 4.10. The van der Waals surface area contributed by atoms with Gasteiger partial charge in [-0.05, 0) is 32.6 Å². The zero-order chi connectivity index (χ0) is 10.9. The molecule has 0 aliphatic carbocycles. The molecule has 0 saturated carbocycles. The summed E-state index contributed by atoms with van der Waals surface area (Å²) >= 11 is 0. The Kier molecular flexibility index (Phi) is 2.98. The lowest BCUT2D eigenvalue weighted by Crippen LogP contribution is -2.49. The first-order chi connectivity index (χ1) is 7.17. The number of amides is 1. The van der Waals surface area contributed by atoms with E-state index in [2.05, 4.69) is 0 Å². The minimum absolute atomic E-state index is 0.0125. The summed E-state index contributed by atoms with van der Waals surface area (Å²) in [5.41, 5.74) is -0.627. The number of hydrogen-bond donors (Lipinski definition) is 1. The van der Waals surface area contributed by atoms with Crippen LogP contribution < -0.4 is 0 Å². The van der Waals surface area contributed by atoms with Crippen LogP contribution >= 0.6 is 0 Å². The third kappa shape index (κ3) is 1.88. The van der Waals surface area contributed by atoms with Crippen molar-refractivity contribution in [3.63, 3.8) is 0 Å². The van der Waals surface area contributed by atoms with E-state index in [9.17, 15) is 9.90 Å².